The Hall–Kier alpha value is -3.45. The summed E-state index contributed by atoms with van der Waals surface area (Å²) in [5.41, 5.74) is 4.37. The van der Waals surface area contributed by atoms with Crippen molar-refractivity contribution in [1.29, 1.82) is 0 Å². The van der Waals surface area contributed by atoms with Crippen LogP contribution < -0.4 is 10.1 Å². The van der Waals surface area contributed by atoms with Crippen molar-refractivity contribution in [2.24, 2.45) is 0 Å². The number of nitrogens with zero attached hydrogens (tertiary/aromatic N) is 3. The number of hydrogen-bond acceptors (Lipinski definition) is 5. The van der Waals surface area contributed by atoms with Gasteiger partial charge >= 0.3 is 0 Å². The largest absolute Gasteiger partial charge is 0.489 e. The van der Waals surface area contributed by atoms with Crippen LogP contribution in [-0.4, -0.2) is 20.7 Å². The maximum absolute atomic E-state index is 12.5. The van der Waals surface area contributed by atoms with Crippen molar-refractivity contribution in [1.82, 2.24) is 14.8 Å². The Morgan fingerprint density at radius 2 is 1.90 bits per heavy atom. The molecule has 0 bridgehead atoms. The van der Waals surface area contributed by atoms with Crippen LogP contribution in [0.3, 0.4) is 0 Å². The number of ether oxygens (including phenoxy) is 1. The van der Waals surface area contributed by atoms with E-state index >= 15 is 0 Å². The van der Waals surface area contributed by atoms with E-state index in [1.165, 1.54) is 16.9 Å². The summed E-state index contributed by atoms with van der Waals surface area (Å²) in [7, 11) is 0. The van der Waals surface area contributed by atoms with Crippen molar-refractivity contribution in [3.63, 3.8) is 0 Å². The van der Waals surface area contributed by atoms with Crippen LogP contribution in [0.1, 0.15) is 31.9 Å². The molecule has 30 heavy (non-hydrogen) atoms. The van der Waals surface area contributed by atoms with Crippen LogP contribution in [0.4, 0.5) is 5.95 Å². The molecule has 1 N–H and O–H groups in total. The lowest BCUT2D eigenvalue weighted by Crippen LogP contribution is -2.12. The third-order valence-electron chi connectivity index (χ3n) is 4.59. The average molecular weight is 419 g/mol. The minimum absolute atomic E-state index is 0.227. The highest BCUT2D eigenvalue weighted by atomic mass is 32.1. The molecule has 0 saturated carbocycles. The van der Waals surface area contributed by atoms with E-state index < -0.39 is 0 Å². The molecule has 2 aromatic heterocycles. The molecule has 0 radical (unpaired) electrons. The highest BCUT2D eigenvalue weighted by Gasteiger charge is 2.12. The zero-order chi connectivity index (χ0) is 20.9. The Labute approximate surface area is 179 Å². The van der Waals surface area contributed by atoms with Crippen LogP contribution in [0.15, 0.2) is 66.3 Å². The number of carbonyl (C=O) groups excluding carboxylic acids is 1. The summed E-state index contributed by atoms with van der Waals surface area (Å²) in [5.74, 6) is 0.909. The second kappa shape index (κ2) is 8.92. The van der Waals surface area contributed by atoms with E-state index in [4.69, 9.17) is 4.74 Å². The second-order valence-corrected chi connectivity index (χ2v) is 7.99. The molecule has 0 aliphatic rings. The van der Waals surface area contributed by atoms with E-state index in [9.17, 15) is 4.79 Å². The first kappa shape index (κ1) is 19.8. The molecule has 6 nitrogen and oxygen atoms in total. The Balaban J connectivity index is 1.34. The fourth-order valence-corrected chi connectivity index (χ4v) is 3.71. The summed E-state index contributed by atoms with van der Waals surface area (Å²) in [4.78, 5) is 17.3. The summed E-state index contributed by atoms with van der Waals surface area (Å²) in [6.07, 6.45) is 1.62. The SMILES string of the molecule is Cc1ccc(Cn2cnc(NC(=O)c3cc(COc4ccccc4C)cs3)n2)cc1. The molecule has 0 atom stereocenters. The number of nitrogens with one attached hydrogen (secondary N) is 1. The van der Waals surface area contributed by atoms with Gasteiger partial charge in [0.25, 0.3) is 5.91 Å². The second-order valence-electron chi connectivity index (χ2n) is 7.08. The summed E-state index contributed by atoms with van der Waals surface area (Å²) in [6, 6.07) is 17.9. The first-order valence-corrected chi connectivity index (χ1v) is 10.5. The van der Waals surface area contributed by atoms with Crippen molar-refractivity contribution in [3.05, 3.63) is 93.4 Å². The molecule has 2 aromatic carbocycles. The predicted octanol–water partition coefficient (Wildman–Crippen LogP) is 4.84. The Morgan fingerprint density at radius 3 is 2.70 bits per heavy atom. The van der Waals surface area contributed by atoms with Gasteiger partial charge in [-0.15, -0.1) is 16.4 Å². The van der Waals surface area contributed by atoms with Crippen molar-refractivity contribution < 1.29 is 9.53 Å². The maximum Gasteiger partial charge on any atom is 0.268 e. The fourth-order valence-electron chi connectivity index (χ4n) is 2.92. The minimum Gasteiger partial charge on any atom is -0.489 e. The molecule has 0 fully saturated rings. The van der Waals surface area contributed by atoms with Gasteiger partial charge in [-0.05, 0) is 42.5 Å². The number of anilines is 1. The Bertz CT molecular complexity index is 1150. The van der Waals surface area contributed by atoms with Crippen molar-refractivity contribution in [2.75, 3.05) is 5.32 Å². The third-order valence-corrected chi connectivity index (χ3v) is 5.57. The van der Waals surface area contributed by atoms with Gasteiger partial charge < -0.3 is 4.74 Å². The molecule has 4 aromatic rings. The zero-order valence-corrected chi connectivity index (χ0v) is 17.6. The fraction of sp³-hybridized carbons (Fsp3) is 0.174. The summed E-state index contributed by atoms with van der Waals surface area (Å²) < 4.78 is 7.55. The number of rotatable bonds is 7. The van der Waals surface area contributed by atoms with Crippen LogP contribution in [0.5, 0.6) is 5.75 Å². The van der Waals surface area contributed by atoms with E-state index in [-0.39, 0.29) is 5.91 Å². The molecule has 0 unspecified atom stereocenters. The molecule has 7 heteroatoms. The highest BCUT2D eigenvalue weighted by Crippen LogP contribution is 2.21. The maximum atomic E-state index is 12.5. The zero-order valence-electron chi connectivity index (χ0n) is 16.8. The molecule has 0 aliphatic heterocycles. The van der Waals surface area contributed by atoms with Gasteiger partial charge in [-0.2, -0.15) is 0 Å². The van der Waals surface area contributed by atoms with Crippen molar-refractivity contribution >= 4 is 23.2 Å². The summed E-state index contributed by atoms with van der Waals surface area (Å²) >= 11 is 1.37. The number of para-hydroxylation sites is 1. The van der Waals surface area contributed by atoms with E-state index in [0.29, 0.717) is 24.0 Å². The predicted molar refractivity (Wildman–Crippen MR) is 118 cm³/mol. The van der Waals surface area contributed by atoms with Crippen LogP contribution >= 0.6 is 11.3 Å². The van der Waals surface area contributed by atoms with E-state index in [0.717, 1.165) is 22.4 Å². The Morgan fingerprint density at radius 1 is 1.10 bits per heavy atom. The normalized spacial score (nSPS) is 10.7. The van der Waals surface area contributed by atoms with Gasteiger partial charge in [0.15, 0.2) is 0 Å². The lowest BCUT2D eigenvalue weighted by molar-refractivity contribution is 0.102. The molecule has 0 spiro atoms. The lowest BCUT2D eigenvalue weighted by atomic mass is 10.1. The molecule has 2 heterocycles. The standard InChI is InChI=1S/C23H22N4O2S/c1-16-7-9-18(10-8-16)12-27-15-24-23(26-27)25-22(28)21-11-19(14-30-21)13-29-20-6-4-3-5-17(20)2/h3-11,14-15H,12-13H2,1-2H3,(H,25,26,28). The van der Waals surface area contributed by atoms with Crippen LogP contribution in [-0.2, 0) is 13.2 Å². The lowest BCUT2D eigenvalue weighted by Gasteiger charge is -2.07. The van der Waals surface area contributed by atoms with Gasteiger partial charge in [0.05, 0.1) is 11.4 Å². The smallest absolute Gasteiger partial charge is 0.268 e. The van der Waals surface area contributed by atoms with Gasteiger partial charge in [-0.25, -0.2) is 9.67 Å². The van der Waals surface area contributed by atoms with Gasteiger partial charge in [0.1, 0.15) is 18.7 Å². The number of thiophene rings is 1. The van der Waals surface area contributed by atoms with Gasteiger partial charge in [0, 0.05) is 5.56 Å². The van der Waals surface area contributed by atoms with Crippen LogP contribution in [0, 0.1) is 13.8 Å². The van der Waals surface area contributed by atoms with Crippen molar-refractivity contribution in [2.45, 2.75) is 27.0 Å². The minimum atomic E-state index is -0.227. The summed E-state index contributed by atoms with van der Waals surface area (Å²) in [6.45, 7) is 5.07. The average Bonchev–Trinajstić information content (AvgIpc) is 3.39. The van der Waals surface area contributed by atoms with Gasteiger partial charge in [-0.3, -0.25) is 10.1 Å². The highest BCUT2D eigenvalue weighted by molar-refractivity contribution is 7.12. The number of benzene rings is 2. The van der Waals surface area contributed by atoms with Crippen LogP contribution in [0.2, 0.25) is 0 Å². The molecule has 0 aliphatic carbocycles. The quantitative estimate of drug-likeness (QED) is 0.466. The number of aryl methyl sites for hydroxylation is 2. The topological polar surface area (TPSA) is 69.0 Å². The molecular weight excluding hydrogens is 396 g/mol. The van der Waals surface area contributed by atoms with Gasteiger partial charge in [-0.1, -0.05) is 48.0 Å². The molecular formula is C23H22N4O2S. The van der Waals surface area contributed by atoms with E-state index in [1.54, 1.807) is 11.0 Å². The molecule has 1 amide bonds. The molecule has 4 rings (SSSR count). The molecule has 0 saturated heterocycles. The van der Waals surface area contributed by atoms with E-state index in [2.05, 4.69) is 46.6 Å². The summed E-state index contributed by atoms with van der Waals surface area (Å²) in [5, 5.41) is 9.02. The monoisotopic (exact) mass is 418 g/mol. The van der Waals surface area contributed by atoms with Gasteiger partial charge in [0.2, 0.25) is 5.95 Å². The first-order valence-electron chi connectivity index (χ1n) is 9.59. The van der Waals surface area contributed by atoms with Crippen LogP contribution in [0.25, 0.3) is 0 Å². The number of aromatic nitrogens is 3. The van der Waals surface area contributed by atoms with E-state index in [1.807, 2.05) is 42.6 Å². The number of carbonyl (C=O) groups is 1. The molecule has 152 valence electrons. The van der Waals surface area contributed by atoms with Crippen molar-refractivity contribution in [3.8, 4) is 5.75 Å². The number of hydrogen-bond donors (Lipinski definition) is 1. The first-order chi connectivity index (χ1) is 14.6. The number of amides is 1. The Kier molecular flexibility index (Phi) is 5.90. The third kappa shape index (κ3) is 4.93.